The van der Waals surface area contributed by atoms with Gasteiger partial charge in [0.05, 0.1) is 0 Å². The normalized spacial score (nSPS) is 8.91. The number of aryl methyl sites for hydroxylation is 2. The number of hydrogen-bond donors (Lipinski definition) is 0. The Morgan fingerprint density at radius 2 is 2.09 bits per heavy atom. The highest BCUT2D eigenvalue weighted by Crippen LogP contribution is 1.87. The predicted molar refractivity (Wildman–Crippen MR) is 41.7 cm³/mol. The van der Waals surface area contributed by atoms with E-state index in [9.17, 15) is 0 Å². The Bertz CT molecular complexity index is 210. The van der Waals surface area contributed by atoms with Crippen molar-refractivity contribution in [3.63, 3.8) is 0 Å². The van der Waals surface area contributed by atoms with Gasteiger partial charge in [0.2, 0.25) is 0 Å². The van der Waals surface area contributed by atoms with Crippen molar-refractivity contribution < 1.29 is 21.5 Å². The Kier molecular flexibility index (Phi) is 5.12. The van der Waals surface area contributed by atoms with Crippen LogP contribution in [0.3, 0.4) is 0 Å². The monoisotopic (exact) mass is 215 g/mol. The first-order valence-electron chi connectivity index (χ1n) is 3.79. The zero-order valence-corrected chi connectivity index (χ0v) is 8.63. The molecule has 0 spiro atoms. The maximum absolute atomic E-state index is 2.26. The van der Waals surface area contributed by atoms with Gasteiger partial charge in [-0.05, 0) is 0 Å². The van der Waals surface area contributed by atoms with Gasteiger partial charge in [0.15, 0.2) is 11.9 Å². The van der Waals surface area contributed by atoms with Crippen LogP contribution in [-0.4, -0.2) is 0 Å². The summed E-state index contributed by atoms with van der Waals surface area (Å²) in [6.07, 6.45) is 3.33. The number of rotatable bonds is 2. The highest BCUT2D eigenvalue weighted by atomic mass is 79.9. The Morgan fingerprint density at radius 1 is 1.36 bits per heavy atom. The molecule has 1 heterocycles. The van der Waals surface area contributed by atoms with E-state index in [-0.39, 0.29) is 17.0 Å². The minimum Gasteiger partial charge on any atom is -1.00 e. The van der Waals surface area contributed by atoms with Gasteiger partial charge in [-0.2, -0.15) is 0 Å². The number of pyridine rings is 1. The highest BCUT2D eigenvalue weighted by molar-refractivity contribution is 4.93. The van der Waals surface area contributed by atoms with E-state index < -0.39 is 0 Å². The highest BCUT2D eigenvalue weighted by Gasteiger charge is 1.99. The van der Waals surface area contributed by atoms with Crippen molar-refractivity contribution in [1.82, 2.24) is 0 Å². The molecule has 62 valence electrons. The summed E-state index contributed by atoms with van der Waals surface area (Å²) in [6, 6.07) is 6.28. The molecule has 0 fully saturated rings. The van der Waals surface area contributed by atoms with Crippen molar-refractivity contribution in [3.8, 4) is 0 Å². The summed E-state index contributed by atoms with van der Waals surface area (Å²) in [7, 11) is 0. The van der Waals surface area contributed by atoms with Gasteiger partial charge in [0, 0.05) is 25.5 Å². The standard InChI is InChI=1S/C9H14N.BrH/c1-3-7-10-8-5-4-6-9(10)2;/h4-6,8H,3,7H2,1-2H3;1H/q+1;/p-1. The molecule has 0 radical (unpaired) electrons. The van der Waals surface area contributed by atoms with Crippen LogP contribution >= 0.6 is 0 Å². The van der Waals surface area contributed by atoms with Crippen molar-refractivity contribution in [3.05, 3.63) is 30.1 Å². The Hall–Kier alpha value is -0.370. The molecule has 0 saturated carbocycles. The van der Waals surface area contributed by atoms with E-state index in [0.717, 1.165) is 6.54 Å². The second-order valence-electron chi connectivity index (χ2n) is 2.54. The minimum atomic E-state index is 0. The first-order chi connectivity index (χ1) is 4.84. The van der Waals surface area contributed by atoms with Gasteiger partial charge in [-0.3, -0.25) is 0 Å². The summed E-state index contributed by atoms with van der Waals surface area (Å²) in [6.45, 7) is 5.46. The van der Waals surface area contributed by atoms with Crippen LogP contribution in [0.25, 0.3) is 0 Å². The largest absolute Gasteiger partial charge is 1.00 e. The van der Waals surface area contributed by atoms with Gasteiger partial charge in [-0.15, -0.1) is 0 Å². The van der Waals surface area contributed by atoms with Crippen molar-refractivity contribution >= 4 is 0 Å². The van der Waals surface area contributed by atoms with Crippen LogP contribution in [0.5, 0.6) is 0 Å². The van der Waals surface area contributed by atoms with Crippen LogP contribution in [0.4, 0.5) is 0 Å². The smallest absolute Gasteiger partial charge is 0.178 e. The third-order valence-electron chi connectivity index (χ3n) is 1.63. The first-order valence-corrected chi connectivity index (χ1v) is 3.79. The van der Waals surface area contributed by atoms with Gasteiger partial charge in [-0.25, -0.2) is 4.57 Å². The summed E-state index contributed by atoms with van der Waals surface area (Å²) in [5, 5.41) is 0. The third kappa shape index (κ3) is 3.02. The number of hydrogen-bond acceptors (Lipinski definition) is 0. The average Bonchev–Trinajstić information content (AvgIpc) is 1.94. The van der Waals surface area contributed by atoms with Gasteiger partial charge in [0.1, 0.15) is 6.54 Å². The molecule has 0 aromatic carbocycles. The molecule has 0 unspecified atom stereocenters. The lowest BCUT2D eigenvalue weighted by molar-refractivity contribution is -0.702. The van der Waals surface area contributed by atoms with Crippen molar-refractivity contribution in [2.75, 3.05) is 0 Å². The van der Waals surface area contributed by atoms with Crippen molar-refractivity contribution in [2.45, 2.75) is 26.8 Å². The van der Waals surface area contributed by atoms with E-state index in [1.165, 1.54) is 12.1 Å². The van der Waals surface area contributed by atoms with Gasteiger partial charge < -0.3 is 17.0 Å². The lowest BCUT2D eigenvalue weighted by atomic mass is 10.3. The molecule has 0 saturated heterocycles. The summed E-state index contributed by atoms with van der Waals surface area (Å²) in [5.41, 5.74) is 1.34. The van der Waals surface area contributed by atoms with E-state index >= 15 is 0 Å². The van der Waals surface area contributed by atoms with Gasteiger partial charge >= 0.3 is 0 Å². The summed E-state index contributed by atoms with van der Waals surface area (Å²) >= 11 is 0. The van der Waals surface area contributed by atoms with Gasteiger partial charge in [0.25, 0.3) is 0 Å². The molecule has 0 aliphatic carbocycles. The predicted octanol–water partition coefficient (Wildman–Crippen LogP) is -1.30. The third-order valence-corrected chi connectivity index (χ3v) is 1.63. The summed E-state index contributed by atoms with van der Waals surface area (Å²) in [4.78, 5) is 0. The SMILES string of the molecule is CCC[n+]1ccccc1C.[Br-]. The number of halogens is 1. The van der Waals surface area contributed by atoms with E-state index in [1.54, 1.807) is 0 Å². The molecule has 1 aromatic heterocycles. The minimum absolute atomic E-state index is 0. The quantitative estimate of drug-likeness (QED) is 0.541. The summed E-state index contributed by atoms with van der Waals surface area (Å²) < 4.78 is 2.26. The molecular formula is C9H14BrN. The molecule has 1 aromatic rings. The lowest BCUT2D eigenvalue weighted by Gasteiger charge is -1.95. The van der Waals surface area contributed by atoms with Crippen LogP contribution < -0.4 is 21.5 Å². The number of nitrogens with zero attached hydrogens (tertiary/aromatic N) is 1. The molecule has 0 aliphatic rings. The average molecular weight is 216 g/mol. The van der Waals surface area contributed by atoms with E-state index in [2.05, 4.69) is 42.8 Å². The molecule has 0 bridgehead atoms. The molecule has 0 atom stereocenters. The van der Waals surface area contributed by atoms with E-state index in [4.69, 9.17) is 0 Å². The Labute approximate surface area is 78.8 Å². The first kappa shape index (κ1) is 10.6. The van der Waals surface area contributed by atoms with E-state index in [1.807, 2.05) is 0 Å². The second kappa shape index (κ2) is 5.30. The summed E-state index contributed by atoms with van der Waals surface area (Å²) in [5.74, 6) is 0. The molecule has 1 nitrogen and oxygen atoms in total. The second-order valence-corrected chi connectivity index (χ2v) is 2.54. The Morgan fingerprint density at radius 3 is 2.64 bits per heavy atom. The van der Waals surface area contributed by atoms with Gasteiger partial charge in [-0.1, -0.05) is 13.0 Å². The maximum atomic E-state index is 2.26. The van der Waals surface area contributed by atoms with Crippen LogP contribution in [0.1, 0.15) is 19.0 Å². The molecule has 11 heavy (non-hydrogen) atoms. The molecule has 0 N–H and O–H groups in total. The fraction of sp³-hybridized carbons (Fsp3) is 0.444. The maximum Gasteiger partial charge on any atom is 0.178 e. The van der Waals surface area contributed by atoms with Crippen LogP contribution in [0.15, 0.2) is 24.4 Å². The molecular weight excluding hydrogens is 202 g/mol. The molecule has 0 aliphatic heterocycles. The van der Waals surface area contributed by atoms with Crippen LogP contribution in [0.2, 0.25) is 0 Å². The number of aromatic nitrogens is 1. The molecule has 0 amide bonds. The molecule has 1 rings (SSSR count). The van der Waals surface area contributed by atoms with Crippen molar-refractivity contribution in [1.29, 1.82) is 0 Å². The van der Waals surface area contributed by atoms with Crippen LogP contribution in [0, 0.1) is 6.92 Å². The fourth-order valence-electron chi connectivity index (χ4n) is 1.05. The lowest BCUT2D eigenvalue weighted by Crippen LogP contribution is -3.00. The zero-order valence-electron chi connectivity index (χ0n) is 7.05. The fourth-order valence-corrected chi connectivity index (χ4v) is 1.05. The van der Waals surface area contributed by atoms with Crippen LogP contribution in [-0.2, 0) is 6.54 Å². The zero-order chi connectivity index (χ0) is 7.40. The molecule has 2 heteroatoms. The Balaban J connectivity index is 0.000001000. The topological polar surface area (TPSA) is 3.88 Å². The van der Waals surface area contributed by atoms with Crippen molar-refractivity contribution in [2.24, 2.45) is 0 Å². The van der Waals surface area contributed by atoms with E-state index in [0.29, 0.717) is 0 Å².